The molecule has 0 saturated heterocycles. The lowest BCUT2D eigenvalue weighted by atomic mass is 10.1. The molecule has 0 amide bonds. The predicted octanol–water partition coefficient (Wildman–Crippen LogP) is 2.92. The van der Waals surface area contributed by atoms with Gasteiger partial charge in [-0.05, 0) is 35.4 Å². The van der Waals surface area contributed by atoms with Gasteiger partial charge in [0.25, 0.3) is 0 Å². The molecule has 2 heteroatoms. The topological polar surface area (TPSA) is 20.2 Å². The minimum Gasteiger partial charge on any atom is -0.506 e. The van der Waals surface area contributed by atoms with E-state index in [2.05, 4.69) is 6.92 Å². The normalized spacial score (nSPS) is 10.6. The zero-order chi connectivity index (χ0) is 7.84. The summed E-state index contributed by atoms with van der Waals surface area (Å²) < 4.78 is 0.991. The van der Waals surface area contributed by atoms with E-state index >= 15 is 0 Å². The SMILES string of the molecule is Cc1ccc(O)c2sccc12. The van der Waals surface area contributed by atoms with Crippen LogP contribution in [0.15, 0.2) is 23.6 Å². The molecule has 56 valence electrons. The summed E-state index contributed by atoms with van der Waals surface area (Å²) >= 11 is 1.58. The largest absolute Gasteiger partial charge is 0.506 e. The van der Waals surface area contributed by atoms with E-state index < -0.39 is 0 Å². The van der Waals surface area contributed by atoms with Crippen molar-refractivity contribution in [3.8, 4) is 5.75 Å². The number of rotatable bonds is 0. The summed E-state index contributed by atoms with van der Waals surface area (Å²) in [5, 5.41) is 12.6. The average Bonchev–Trinajstić information content (AvgIpc) is 2.45. The van der Waals surface area contributed by atoms with Crippen LogP contribution in [0.4, 0.5) is 0 Å². The Balaban J connectivity index is 2.96. The van der Waals surface area contributed by atoms with Gasteiger partial charge in [-0.3, -0.25) is 0 Å². The number of fused-ring (bicyclic) bond motifs is 1. The van der Waals surface area contributed by atoms with Crippen molar-refractivity contribution >= 4 is 21.4 Å². The number of hydrogen-bond acceptors (Lipinski definition) is 2. The molecule has 1 aromatic carbocycles. The Hall–Kier alpha value is -1.02. The van der Waals surface area contributed by atoms with Crippen molar-refractivity contribution in [1.29, 1.82) is 0 Å². The average molecular weight is 164 g/mol. The van der Waals surface area contributed by atoms with Gasteiger partial charge >= 0.3 is 0 Å². The first-order valence-electron chi connectivity index (χ1n) is 3.45. The number of phenols is 1. The van der Waals surface area contributed by atoms with E-state index in [1.165, 1.54) is 5.56 Å². The summed E-state index contributed by atoms with van der Waals surface area (Å²) in [5.41, 5.74) is 1.22. The van der Waals surface area contributed by atoms with Crippen LogP contribution < -0.4 is 0 Å². The minimum absolute atomic E-state index is 0.389. The first-order valence-corrected chi connectivity index (χ1v) is 4.33. The maximum atomic E-state index is 9.39. The van der Waals surface area contributed by atoms with Gasteiger partial charge in [-0.1, -0.05) is 6.07 Å². The van der Waals surface area contributed by atoms with Crippen LogP contribution in [-0.4, -0.2) is 5.11 Å². The van der Waals surface area contributed by atoms with Gasteiger partial charge in [0, 0.05) is 0 Å². The fourth-order valence-corrected chi connectivity index (χ4v) is 2.07. The molecular weight excluding hydrogens is 156 g/mol. The molecule has 0 aliphatic carbocycles. The van der Waals surface area contributed by atoms with Crippen molar-refractivity contribution in [2.24, 2.45) is 0 Å². The molecule has 1 N–H and O–H groups in total. The first-order chi connectivity index (χ1) is 5.29. The van der Waals surface area contributed by atoms with E-state index in [0.717, 1.165) is 10.1 Å². The molecule has 1 aromatic heterocycles. The fourth-order valence-electron chi connectivity index (χ4n) is 1.19. The summed E-state index contributed by atoms with van der Waals surface area (Å²) in [7, 11) is 0. The third-order valence-corrected chi connectivity index (χ3v) is 2.75. The minimum atomic E-state index is 0.389. The Bertz CT molecular complexity index is 353. The second kappa shape index (κ2) is 2.24. The molecule has 0 bridgehead atoms. The maximum Gasteiger partial charge on any atom is 0.133 e. The summed E-state index contributed by atoms with van der Waals surface area (Å²) in [6, 6.07) is 5.72. The number of thiophene rings is 1. The van der Waals surface area contributed by atoms with Crippen LogP contribution in [0, 0.1) is 6.92 Å². The quantitative estimate of drug-likeness (QED) is 0.634. The Morgan fingerprint density at radius 2 is 2.09 bits per heavy atom. The number of hydrogen-bond donors (Lipinski definition) is 1. The zero-order valence-corrected chi connectivity index (χ0v) is 6.98. The lowest BCUT2D eigenvalue weighted by Gasteiger charge is -1.96. The van der Waals surface area contributed by atoms with Crippen LogP contribution >= 0.6 is 11.3 Å². The molecule has 1 heterocycles. The van der Waals surface area contributed by atoms with Gasteiger partial charge < -0.3 is 5.11 Å². The third-order valence-electron chi connectivity index (χ3n) is 1.81. The van der Waals surface area contributed by atoms with Crippen molar-refractivity contribution in [3.63, 3.8) is 0 Å². The summed E-state index contributed by atoms with van der Waals surface area (Å²) in [6.45, 7) is 2.05. The highest BCUT2D eigenvalue weighted by molar-refractivity contribution is 7.17. The molecule has 0 fully saturated rings. The van der Waals surface area contributed by atoms with Crippen LogP contribution in [0.25, 0.3) is 10.1 Å². The van der Waals surface area contributed by atoms with Gasteiger partial charge in [0.15, 0.2) is 0 Å². The van der Waals surface area contributed by atoms with Gasteiger partial charge in [-0.25, -0.2) is 0 Å². The van der Waals surface area contributed by atoms with Gasteiger partial charge in [0.05, 0.1) is 4.70 Å². The van der Waals surface area contributed by atoms with E-state index in [1.807, 2.05) is 17.5 Å². The van der Waals surface area contributed by atoms with Crippen LogP contribution in [0.3, 0.4) is 0 Å². The summed E-state index contributed by atoms with van der Waals surface area (Å²) in [4.78, 5) is 0. The Kier molecular flexibility index (Phi) is 1.36. The van der Waals surface area contributed by atoms with Crippen molar-refractivity contribution in [1.82, 2.24) is 0 Å². The van der Waals surface area contributed by atoms with Gasteiger partial charge in [-0.15, -0.1) is 11.3 Å². The van der Waals surface area contributed by atoms with Crippen molar-refractivity contribution < 1.29 is 5.11 Å². The van der Waals surface area contributed by atoms with Crippen molar-refractivity contribution in [3.05, 3.63) is 29.1 Å². The van der Waals surface area contributed by atoms with Crippen molar-refractivity contribution in [2.75, 3.05) is 0 Å². The first kappa shape index (κ1) is 6.68. The highest BCUT2D eigenvalue weighted by Gasteiger charge is 2.01. The standard InChI is InChI=1S/C9H8OS/c1-6-2-3-8(10)9-7(6)4-5-11-9/h2-5,10H,1H3. The maximum absolute atomic E-state index is 9.39. The third kappa shape index (κ3) is 0.906. The molecule has 0 spiro atoms. The molecule has 1 nitrogen and oxygen atoms in total. The lowest BCUT2D eigenvalue weighted by Crippen LogP contribution is -1.71. The second-order valence-electron chi connectivity index (χ2n) is 2.56. The summed E-state index contributed by atoms with van der Waals surface area (Å²) in [6.07, 6.45) is 0. The van der Waals surface area contributed by atoms with Gasteiger partial charge in [0.1, 0.15) is 5.75 Å². The second-order valence-corrected chi connectivity index (χ2v) is 3.48. The smallest absolute Gasteiger partial charge is 0.133 e. The van der Waals surface area contributed by atoms with Crippen LogP contribution in [0.1, 0.15) is 5.56 Å². The molecule has 0 aliphatic rings. The van der Waals surface area contributed by atoms with E-state index in [9.17, 15) is 5.11 Å². The van der Waals surface area contributed by atoms with Crippen LogP contribution in [-0.2, 0) is 0 Å². The Morgan fingerprint density at radius 3 is 2.82 bits per heavy atom. The number of aromatic hydroxyl groups is 1. The van der Waals surface area contributed by atoms with E-state index in [-0.39, 0.29) is 0 Å². The molecule has 0 saturated carbocycles. The van der Waals surface area contributed by atoms with Crippen LogP contribution in [0.5, 0.6) is 5.75 Å². The molecule has 0 radical (unpaired) electrons. The summed E-state index contributed by atoms with van der Waals surface area (Å²) in [5.74, 6) is 0.389. The molecule has 2 aromatic rings. The van der Waals surface area contributed by atoms with E-state index in [4.69, 9.17) is 0 Å². The lowest BCUT2D eigenvalue weighted by molar-refractivity contribution is 0.482. The zero-order valence-electron chi connectivity index (χ0n) is 6.16. The Labute approximate surface area is 68.9 Å². The molecule has 11 heavy (non-hydrogen) atoms. The molecule has 0 aliphatic heterocycles. The number of aryl methyl sites for hydroxylation is 1. The molecule has 0 atom stereocenters. The molecular formula is C9H8OS. The number of phenolic OH excluding ortho intramolecular Hbond substituents is 1. The monoisotopic (exact) mass is 164 g/mol. The van der Waals surface area contributed by atoms with Crippen LogP contribution in [0.2, 0.25) is 0 Å². The highest BCUT2D eigenvalue weighted by atomic mass is 32.1. The molecule has 2 rings (SSSR count). The van der Waals surface area contributed by atoms with E-state index in [1.54, 1.807) is 17.4 Å². The Morgan fingerprint density at radius 1 is 1.27 bits per heavy atom. The predicted molar refractivity (Wildman–Crippen MR) is 48.2 cm³/mol. The fraction of sp³-hybridized carbons (Fsp3) is 0.111. The molecule has 0 unspecified atom stereocenters. The highest BCUT2D eigenvalue weighted by Crippen LogP contribution is 2.31. The van der Waals surface area contributed by atoms with E-state index in [0.29, 0.717) is 5.75 Å². The number of benzene rings is 1. The van der Waals surface area contributed by atoms with Crippen molar-refractivity contribution in [2.45, 2.75) is 6.92 Å². The van der Waals surface area contributed by atoms with Gasteiger partial charge in [0.2, 0.25) is 0 Å². The van der Waals surface area contributed by atoms with Gasteiger partial charge in [-0.2, -0.15) is 0 Å².